The maximum Gasteiger partial charge on any atom is 0.119 e. The van der Waals surface area contributed by atoms with Crippen LogP contribution >= 0.6 is 11.6 Å². The number of hydrogen-bond acceptors (Lipinski definition) is 0. The van der Waals surface area contributed by atoms with Crippen molar-refractivity contribution < 1.29 is 4.39 Å². The largest absolute Gasteiger partial charge is 0.210 e. The van der Waals surface area contributed by atoms with Gasteiger partial charge in [0.15, 0.2) is 0 Å². The maximum atomic E-state index is 12.5. The van der Waals surface area contributed by atoms with Crippen molar-refractivity contribution in [2.75, 3.05) is 0 Å². The van der Waals surface area contributed by atoms with Crippen molar-refractivity contribution >= 4 is 11.6 Å². The molecular formula is C9H14ClF. The zero-order chi connectivity index (χ0) is 8.85. The van der Waals surface area contributed by atoms with Gasteiger partial charge in [-0.15, -0.1) is 0 Å². The van der Waals surface area contributed by atoms with Crippen LogP contribution in [0.3, 0.4) is 0 Å². The Labute approximate surface area is 72.7 Å². The molecule has 0 atom stereocenters. The minimum Gasteiger partial charge on any atom is -0.210 e. The standard InChI is InChI=1S/C7H8ClF.C2H6/c1-5-2-3-7(9)6(8)4-5;1-2/h4H,2-3H2,1H3;1-2H3. The molecule has 0 heterocycles. The highest BCUT2D eigenvalue weighted by Crippen LogP contribution is 2.26. The summed E-state index contributed by atoms with van der Waals surface area (Å²) in [5, 5.41) is 0.277. The minimum atomic E-state index is -0.178. The number of hydrogen-bond donors (Lipinski definition) is 0. The molecule has 0 fully saturated rings. The molecule has 0 saturated heterocycles. The molecule has 2 heteroatoms. The summed E-state index contributed by atoms with van der Waals surface area (Å²) in [7, 11) is 0. The molecule has 1 rings (SSSR count). The lowest BCUT2D eigenvalue weighted by atomic mass is 10.1. The van der Waals surface area contributed by atoms with Crippen molar-refractivity contribution in [1.29, 1.82) is 0 Å². The van der Waals surface area contributed by atoms with Crippen LogP contribution in [0.5, 0.6) is 0 Å². The van der Waals surface area contributed by atoms with Gasteiger partial charge in [-0.1, -0.05) is 31.0 Å². The average molecular weight is 177 g/mol. The van der Waals surface area contributed by atoms with Gasteiger partial charge in [0.2, 0.25) is 0 Å². The Kier molecular flexibility index (Phi) is 5.22. The highest BCUT2D eigenvalue weighted by molar-refractivity contribution is 6.31. The molecule has 0 saturated carbocycles. The van der Waals surface area contributed by atoms with Crippen molar-refractivity contribution in [1.82, 2.24) is 0 Å². The molecule has 64 valence electrons. The Morgan fingerprint density at radius 1 is 1.36 bits per heavy atom. The Morgan fingerprint density at radius 2 is 1.91 bits per heavy atom. The first-order valence-electron chi connectivity index (χ1n) is 3.91. The molecule has 0 aliphatic heterocycles. The van der Waals surface area contributed by atoms with Gasteiger partial charge >= 0.3 is 0 Å². The summed E-state index contributed by atoms with van der Waals surface area (Å²) in [6, 6.07) is 0. The lowest BCUT2D eigenvalue weighted by molar-refractivity contribution is 0.579. The molecule has 1 aliphatic rings. The fourth-order valence-corrected chi connectivity index (χ4v) is 1.07. The second-order valence-corrected chi connectivity index (χ2v) is 2.65. The van der Waals surface area contributed by atoms with Gasteiger partial charge in [0.25, 0.3) is 0 Å². The molecule has 0 amide bonds. The van der Waals surface area contributed by atoms with Gasteiger partial charge in [0.1, 0.15) is 5.83 Å². The fraction of sp³-hybridized carbons (Fsp3) is 0.556. The zero-order valence-corrected chi connectivity index (χ0v) is 8.00. The van der Waals surface area contributed by atoms with Crippen LogP contribution in [0.1, 0.15) is 33.6 Å². The van der Waals surface area contributed by atoms with Crippen LogP contribution < -0.4 is 0 Å². The molecule has 11 heavy (non-hydrogen) atoms. The first kappa shape index (κ1) is 10.7. The van der Waals surface area contributed by atoms with Crippen LogP contribution in [0.2, 0.25) is 0 Å². The van der Waals surface area contributed by atoms with E-state index in [4.69, 9.17) is 11.6 Å². The monoisotopic (exact) mass is 176 g/mol. The molecular weight excluding hydrogens is 163 g/mol. The van der Waals surface area contributed by atoms with Crippen LogP contribution in [0.4, 0.5) is 4.39 Å². The van der Waals surface area contributed by atoms with Crippen LogP contribution in [0.25, 0.3) is 0 Å². The first-order valence-corrected chi connectivity index (χ1v) is 4.29. The Bertz CT molecular complexity index is 180. The van der Waals surface area contributed by atoms with E-state index >= 15 is 0 Å². The average Bonchev–Trinajstić information content (AvgIpc) is 2.02. The SMILES string of the molecule is CC.CC1=CC(Cl)=C(F)CC1. The van der Waals surface area contributed by atoms with E-state index in [0.717, 1.165) is 12.0 Å². The van der Waals surface area contributed by atoms with Crippen LogP contribution in [0.15, 0.2) is 22.5 Å². The third-order valence-electron chi connectivity index (χ3n) is 1.37. The summed E-state index contributed by atoms with van der Waals surface area (Å²) in [4.78, 5) is 0. The molecule has 1 aliphatic carbocycles. The summed E-state index contributed by atoms with van der Waals surface area (Å²) >= 11 is 5.49. The van der Waals surface area contributed by atoms with Gasteiger partial charge in [0, 0.05) is 6.42 Å². The molecule has 0 unspecified atom stereocenters. The summed E-state index contributed by atoms with van der Waals surface area (Å²) in [6.45, 7) is 5.95. The van der Waals surface area contributed by atoms with Crippen molar-refractivity contribution in [2.24, 2.45) is 0 Å². The third kappa shape index (κ3) is 3.57. The van der Waals surface area contributed by atoms with E-state index in [9.17, 15) is 4.39 Å². The van der Waals surface area contributed by atoms with Crippen molar-refractivity contribution in [3.63, 3.8) is 0 Å². The fourth-order valence-electron chi connectivity index (χ4n) is 0.793. The quantitative estimate of drug-likeness (QED) is 0.520. The van der Waals surface area contributed by atoms with Gasteiger partial charge in [-0.25, -0.2) is 4.39 Å². The van der Waals surface area contributed by atoms with E-state index in [1.807, 2.05) is 20.8 Å². The lowest BCUT2D eigenvalue weighted by Crippen LogP contribution is -1.88. The molecule has 0 spiro atoms. The van der Waals surface area contributed by atoms with Crippen LogP contribution in [0, 0.1) is 0 Å². The van der Waals surface area contributed by atoms with E-state index in [-0.39, 0.29) is 10.9 Å². The molecule has 0 aromatic rings. The predicted octanol–water partition coefficient (Wildman–Crippen LogP) is 4.17. The van der Waals surface area contributed by atoms with Gasteiger partial charge in [-0.3, -0.25) is 0 Å². The second kappa shape index (κ2) is 5.36. The van der Waals surface area contributed by atoms with E-state index in [1.165, 1.54) is 0 Å². The Balaban J connectivity index is 0.000000461. The summed E-state index contributed by atoms with van der Waals surface area (Å²) in [6.07, 6.45) is 2.96. The predicted molar refractivity (Wildman–Crippen MR) is 48.3 cm³/mol. The first-order chi connectivity index (χ1) is 5.20. The van der Waals surface area contributed by atoms with Gasteiger partial charge in [-0.2, -0.15) is 0 Å². The molecule has 0 aromatic heterocycles. The number of rotatable bonds is 0. The summed E-state index contributed by atoms with van der Waals surface area (Å²) in [5.74, 6) is -0.178. The third-order valence-corrected chi connectivity index (χ3v) is 1.69. The molecule has 0 radical (unpaired) electrons. The highest BCUT2D eigenvalue weighted by Gasteiger charge is 2.07. The van der Waals surface area contributed by atoms with Crippen LogP contribution in [-0.4, -0.2) is 0 Å². The smallest absolute Gasteiger partial charge is 0.119 e. The van der Waals surface area contributed by atoms with Gasteiger partial charge in [0.05, 0.1) is 5.03 Å². The minimum absolute atomic E-state index is 0.178. The maximum absolute atomic E-state index is 12.5. The van der Waals surface area contributed by atoms with E-state index in [1.54, 1.807) is 6.08 Å². The Morgan fingerprint density at radius 3 is 2.27 bits per heavy atom. The highest BCUT2D eigenvalue weighted by atomic mass is 35.5. The van der Waals surface area contributed by atoms with Crippen molar-refractivity contribution in [3.8, 4) is 0 Å². The normalized spacial score (nSPS) is 17.0. The number of allylic oxidation sites excluding steroid dienone is 4. The van der Waals surface area contributed by atoms with E-state index in [0.29, 0.717) is 6.42 Å². The van der Waals surface area contributed by atoms with E-state index < -0.39 is 0 Å². The van der Waals surface area contributed by atoms with E-state index in [2.05, 4.69) is 0 Å². The topological polar surface area (TPSA) is 0 Å². The molecule has 0 nitrogen and oxygen atoms in total. The van der Waals surface area contributed by atoms with Crippen molar-refractivity contribution in [2.45, 2.75) is 33.6 Å². The Hall–Kier alpha value is -0.300. The van der Waals surface area contributed by atoms with Gasteiger partial charge in [-0.05, 0) is 19.4 Å². The molecule has 0 N–H and O–H groups in total. The zero-order valence-electron chi connectivity index (χ0n) is 7.25. The molecule has 0 bridgehead atoms. The van der Waals surface area contributed by atoms with Crippen molar-refractivity contribution in [3.05, 3.63) is 22.5 Å². The summed E-state index contributed by atoms with van der Waals surface area (Å²) in [5.41, 5.74) is 1.15. The molecule has 0 aromatic carbocycles. The van der Waals surface area contributed by atoms with Crippen LogP contribution in [-0.2, 0) is 0 Å². The summed E-state index contributed by atoms with van der Waals surface area (Å²) < 4.78 is 12.5. The second-order valence-electron chi connectivity index (χ2n) is 2.24. The number of halogens is 2. The van der Waals surface area contributed by atoms with Gasteiger partial charge < -0.3 is 0 Å². The lowest BCUT2D eigenvalue weighted by Gasteiger charge is -2.06.